The minimum Gasteiger partial charge on any atom is -0.382 e. The first-order chi connectivity index (χ1) is 7.25. The summed E-state index contributed by atoms with van der Waals surface area (Å²) in [6, 6.07) is 6.58. The summed E-state index contributed by atoms with van der Waals surface area (Å²) in [5.41, 5.74) is 6.24. The quantitative estimate of drug-likeness (QED) is 0.758. The van der Waals surface area contributed by atoms with E-state index in [0.29, 0.717) is 12.4 Å². The first-order valence-corrected chi connectivity index (χ1v) is 4.48. The molecule has 5 heteroatoms. The summed E-state index contributed by atoms with van der Waals surface area (Å²) in [5, 5.41) is 3.92. The van der Waals surface area contributed by atoms with Crippen molar-refractivity contribution in [3.8, 4) is 0 Å². The van der Waals surface area contributed by atoms with E-state index in [9.17, 15) is 4.79 Å². The van der Waals surface area contributed by atoms with Gasteiger partial charge in [-0.3, -0.25) is 9.78 Å². The summed E-state index contributed by atoms with van der Waals surface area (Å²) in [6.45, 7) is 0.387. The van der Waals surface area contributed by atoms with Crippen LogP contribution in [0, 0.1) is 0 Å². The van der Waals surface area contributed by atoms with Gasteiger partial charge in [-0.25, -0.2) is 4.68 Å². The van der Waals surface area contributed by atoms with Gasteiger partial charge in [0.15, 0.2) is 0 Å². The van der Waals surface area contributed by atoms with Crippen LogP contribution in [-0.4, -0.2) is 14.8 Å². The van der Waals surface area contributed by atoms with Gasteiger partial charge < -0.3 is 5.73 Å². The lowest BCUT2D eigenvalue weighted by Crippen LogP contribution is -2.23. The standard InChI is InChI=1S/C10H10N4O/c11-9-3-4-10(15)14(13-9)7-8-2-1-5-12-6-8/h1-6H,7H2,(H2,11,13). The van der Waals surface area contributed by atoms with Crippen molar-refractivity contribution in [1.82, 2.24) is 14.8 Å². The summed E-state index contributed by atoms with van der Waals surface area (Å²) in [5.74, 6) is 0.332. The molecule has 0 fully saturated rings. The highest BCUT2D eigenvalue weighted by Crippen LogP contribution is 1.98. The van der Waals surface area contributed by atoms with Crippen molar-refractivity contribution >= 4 is 5.82 Å². The third-order valence-electron chi connectivity index (χ3n) is 1.94. The Morgan fingerprint density at radius 1 is 1.33 bits per heavy atom. The van der Waals surface area contributed by atoms with Crippen molar-refractivity contribution in [1.29, 1.82) is 0 Å². The van der Waals surface area contributed by atoms with Crippen molar-refractivity contribution < 1.29 is 0 Å². The molecular formula is C10H10N4O. The average Bonchev–Trinajstić information content (AvgIpc) is 2.25. The number of aromatic nitrogens is 3. The van der Waals surface area contributed by atoms with E-state index in [4.69, 9.17) is 5.73 Å². The van der Waals surface area contributed by atoms with Gasteiger partial charge in [0.2, 0.25) is 0 Å². The number of rotatable bonds is 2. The van der Waals surface area contributed by atoms with E-state index in [1.54, 1.807) is 12.4 Å². The SMILES string of the molecule is Nc1ccc(=O)n(Cc2cccnc2)n1. The second-order valence-electron chi connectivity index (χ2n) is 3.12. The number of pyridine rings is 1. The Labute approximate surface area is 86.2 Å². The molecule has 0 saturated carbocycles. The second kappa shape index (κ2) is 3.91. The van der Waals surface area contributed by atoms with Crippen LogP contribution in [0.15, 0.2) is 41.5 Å². The highest BCUT2D eigenvalue weighted by Gasteiger charge is 1.99. The normalized spacial score (nSPS) is 10.1. The molecule has 0 aromatic carbocycles. The van der Waals surface area contributed by atoms with Crippen molar-refractivity contribution in [2.45, 2.75) is 6.54 Å². The zero-order valence-corrected chi connectivity index (χ0v) is 8.00. The Kier molecular flexibility index (Phi) is 2.45. The fourth-order valence-electron chi connectivity index (χ4n) is 1.24. The van der Waals surface area contributed by atoms with Gasteiger partial charge >= 0.3 is 0 Å². The lowest BCUT2D eigenvalue weighted by molar-refractivity contribution is 0.642. The minimum absolute atomic E-state index is 0.173. The fourth-order valence-corrected chi connectivity index (χ4v) is 1.24. The number of anilines is 1. The molecular weight excluding hydrogens is 192 g/mol. The van der Waals surface area contributed by atoms with Crippen molar-refractivity contribution in [2.24, 2.45) is 0 Å². The molecule has 2 rings (SSSR count). The summed E-state index contributed by atoms with van der Waals surface area (Å²) < 4.78 is 1.31. The zero-order valence-electron chi connectivity index (χ0n) is 8.00. The number of nitrogens with two attached hydrogens (primary N) is 1. The number of hydrogen-bond acceptors (Lipinski definition) is 4. The Morgan fingerprint density at radius 2 is 2.20 bits per heavy atom. The molecule has 76 valence electrons. The average molecular weight is 202 g/mol. The molecule has 0 saturated heterocycles. The van der Waals surface area contributed by atoms with Gasteiger partial charge in [-0.1, -0.05) is 6.07 Å². The first kappa shape index (κ1) is 9.39. The molecule has 0 amide bonds. The Bertz CT molecular complexity index is 506. The Balaban J connectivity index is 2.32. The maximum Gasteiger partial charge on any atom is 0.267 e. The molecule has 2 aromatic heterocycles. The maximum atomic E-state index is 11.4. The highest BCUT2D eigenvalue weighted by atomic mass is 16.1. The van der Waals surface area contributed by atoms with Gasteiger partial charge in [0, 0.05) is 18.5 Å². The molecule has 0 spiro atoms. The second-order valence-corrected chi connectivity index (χ2v) is 3.12. The van der Waals surface area contributed by atoms with E-state index in [0.717, 1.165) is 5.56 Å². The fraction of sp³-hybridized carbons (Fsp3) is 0.100. The molecule has 0 atom stereocenters. The number of hydrogen-bond donors (Lipinski definition) is 1. The molecule has 2 N–H and O–H groups in total. The third-order valence-corrected chi connectivity index (χ3v) is 1.94. The summed E-state index contributed by atoms with van der Waals surface area (Å²) >= 11 is 0. The predicted octanol–water partition coefficient (Wildman–Crippen LogP) is 0.269. The summed E-state index contributed by atoms with van der Waals surface area (Å²) in [6.07, 6.45) is 3.37. The van der Waals surface area contributed by atoms with E-state index in [1.165, 1.54) is 16.8 Å². The molecule has 15 heavy (non-hydrogen) atoms. The molecule has 2 heterocycles. The topological polar surface area (TPSA) is 73.8 Å². The minimum atomic E-state index is -0.173. The van der Waals surface area contributed by atoms with Crippen LogP contribution in [0.3, 0.4) is 0 Å². The van der Waals surface area contributed by atoms with Crippen LogP contribution in [0.5, 0.6) is 0 Å². The van der Waals surface area contributed by atoms with E-state index in [1.807, 2.05) is 12.1 Å². The maximum absolute atomic E-state index is 11.4. The number of nitrogen functional groups attached to an aromatic ring is 1. The lowest BCUT2D eigenvalue weighted by Gasteiger charge is -2.03. The molecule has 2 aromatic rings. The molecule has 0 aliphatic carbocycles. The molecule has 0 radical (unpaired) electrons. The van der Waals surface area contributed by atoms with Crippen LogP contribution in [0.1, 0.15) is 5.56 Å². The summed E-state index contributed by atoms with van der Waals surface area (Å²) in [4.78, 5) is 15.4. The van der Waals surface area contributed by atoms with Crippen LogP contribution in [-0.2, 0) is 6.54 Å². The van der Waals surface area contributed by atoms with Gasteiger partial charge in [0.25, 0.3) is 5.56 Å². The van der Waals surface area contributed by atoms with Crippen molar-refractivity contribution in [3.63, 3.8) is 0 Å². The van der Waals surface area contributed by atoms with Gasteiger partial charge in [0.1, 0.15) is 5.82 Å². The zero-order chi connectivity index (χ0) is 10.7. The van der Waals surface area contributed by atoms with Crippen LogP contribution in [0.25, 0.3) is 0 Å². The van der Waals surface area contributed by atoms with Gasteiger partial charge in [-0.2, -0.15) is 5.10 Å². The van der Waals surface area contributed by atoms with Gasteiger partial charge in [0.05, 0.1) is 6.54 Å². The van der Waals surface area contributed by atoms with Crippen LogP contribution in [0.4, 0.5) is 5.82 Å². The Morgan fingerprint density at radius 3 is 2.93 bits per heavy atom. The molecule has 0 aliphatic heterocycles. The van der Waals surface area contributed by atoms with E-state index < -0.39 is 0 Å². The lowest BCUT2D eigenvalue weighted by atomic mass is 10.3. The van der Waals surface area contributed by atoms with Crippen molar-refractivity contribution in [3.05, 3.63) is 52.6 Å². The van der Waals surface area contributed by atoms with Crippen molar-refractivity contribution in [2.75, 3.05) is 5.73 Å². The molecule has 5 nitrogen and oxygen atoms in total. The molecule has 0 unspecified atom stereocenters. The number of nitrogens with zero attached hydrogens (tertiary/aromatic N) is 3. The highest BCUT2D eigenvalue weighted by molar-refractivity contribution is 5.24. The predicted molar refractivity (Wildman–Crippen MR) is 56.2 cm³/mol. The Hall–Kier alpha value is -2.17. The largest absolute Gasteiger partial charge is 0.382 e. The van der Waals surface area contributed by atoms with Crippen LogP contribution < -0.4 is 11.3 Å². The monoisotopic (exact) mass is 202 g/mol. The molecule has 0 aliphatic rings. The molecule has 0 bridgehead atoms. The van der Waals surface area contributed by atoms with E-state index >= 15 is 0 Å². The first-order valence-electron chi connectivity index (χ1n) is 4.48. The smallest absolute Gasteiger partial charge is 0.267 e. The van der Waals surface area contributed by atoms with Crippen LogP contribution >= 0.6 is 0 Å². The summed E-state index contributed by atoms with van der Waals surface area (Å²) in [7, 11) is 0. The third kappa shape index (κ3) is 2.19. The van der Waals surface area contributed by atoms with Gasteiger partial charge in [-0.15, -0.1) is 0 Å². The van der Waals surface area contributed by atoms with Gasteiger partial charge in [-0.05, 0) is 17.7 Å². The van der Waals surface area contributed by atoms with E-state index in [2.05, 4.69) is 10.1 Å². The van der Waals surface area contributed by atoms with Crippen LogP contribution in [0.2, 0.25) is 0 Å². The van der Waals surface area contributed by atoms with E-state index in [-0.39, 0.29) is 5.56 Å².